The minimum Gasteiger partial charge on any atom is -0.378 e. The van der Waals surface area contributed by atoms with E-state index in [0.29, 0.717) is 48.9 Å². The molecule has 0 radical (unpaired) electrons. The number of para-hydroxylation sites is 1. The van der Waals surface area contributed by atoms with Crippen molar-refractivity contribution in [2.45, 2.75) is 6.54 Å². The van der Waals surface area contributed by atoms with E-state index in [0.717, 1.165) is 33.2 Å². The van der Waals surface area contributed by atoms with Crippen LogP contribution in [0.4, 0.5) is 5.69 Å². The number of aromatic amines is 1. The zero-order valence-electron chi connectivity index (χ0n) is 24.3. The number of fused-ring (bicyclic) bond motifs is 1. The van der Waals surface area contributed by atoms with E-state index in [2.05, 4.69) is 25.6 Å². The summed E-state index contributed by atoms with van der Waals surface area (Å²) in [4.78, 5) is 35.6. The Morgan fingerprint density at radius 1 is 0.822 bits per heavy atom. The number of H-pyrrole nitrogens is 1. The molecule has 0 unspecified atom stereocenters. The number of aromatic nitrogens is 5. The lowest BCUT2D eigenvalue weighted by molar-refractivity contribution is 0.0303. The highest BCUT2D eigenvalue weighted by molar-refractivity contribution is 6.08. The molecule has 1 N–H and O–H groups in total. The average Bonchev–Trinajstić information content (AvgIpc) is 3.66. The van der Waals surface area contributed by atoms with Crippen LogP contribution in [0.25, 0.3) is 33.4 Å². The summed E-state index contributed by atoms with van der Waals surface area (Å²) in [7, 11) is 0. The standard InChI is InChI=1S/C35H29N7O3/c43-34(41-16-18-45-19-17-41)27-7-5-8-29(21-27)42(35(44)28-20-26-6-1-4-11-32(26)36-22-28)23-24-12-14-25(15-13-24)30-9-2-3-10-31(30)33-37-39-40-38-33/h1-15,20-22H,16-19,23H2,(H,37,38,39,40). The van der Waals surface area contributed by atoms with Crippen molar-refractivity contribution >= 4 is 28.4 Å². The van der Waals surface area contributed by atoms with E-state index in [1.807, 2.05) is 91.0 Å². The molecule has 1 aliphatic rings. The maximum absolute atomic E-state index is 14.2. The number of nitrogens with one attached hydrogen (secondary N) is 1. The van der Waals surface area contributed by atoms with Gasteiger partial charge in [0.2, 0.25) is 0 Å². The molecule has 0 aliphatic carbocycles. The van der Waals surface area contributed by atoms with E-state index < -0.39 is 0 Å². The van der Waals surface area contributed by atoms with Gasteiger partial charge in [0.05, 0.1) is 30.8 Å². The van der Waals surface area contributed by atoms with Gasteiger partial charge in [-0.25, -0.2) is 5.10 Å². The molecule has 4 aromatic carbocycles. The fraction of sp³-hybridized carbons (Fsp3) is 0.143. The highest BCUT2D eigenvalue weighted by atomic mass is 16.5. The van der Waals surface area contributed by atoms with E-state index in [9.17, 15) is 9.59 Å². The Morgan fingerprint density at radius 3 is 2.40 bits per heavy atom. The Hall–Kier alpha value is -5.74. The third-order valence-electron chi connectivity index (χ3n) is 7.92. The summed E-state index contributed by atoms with van der Waals surface area (Å²) in [5.74, 6) is 0.295. The van der Waals surface area contributed by atoms with Gasteiger partial charge in [-0.2, -0.15) is 0 Å². The number of nitrogens with zero attached hydrogens (tertiary/aromatic N) is 6. The number of amides is 2. The van der Waals surface area contributed by atoms with Crippen LogP contribution in [0.2, 0.25) is 0 Å². The van der Waals surface area contributed by atoms with Gasteiger partial charge in [0.25, 0.3) is 11.8 Å². The van der Waals surface area contributed by atoms with Crippen LogP contribution in [0.1, 0.15) is 26.3 Å². The van der Waals surface area contributed by atoms with Crippen LogP contribution in [0.3, 0.4) is 0 Å². The number of rotatable bonds is 7. The Labute approximate surface area is 259 Å². The number of pyridine rings is 1. The molecule has 1 saturated heterocycles. The molecule has 1 aliphatic heterocycles. The smallest absolute Gasteiger partial charge is 0.260 e. The van der Waals surface area contributed by atoms with Crippen molar-refractivity contribution in [3.63, 3.8) is 0 Å². The summed E-state index contributed by atoms with van der Waals surface area (Å²) < 4.78 is 5.42. The van der Waals surface area contributed by atoms with E-state index in [4.69, 9.17) is 4.74 Å². The lowest BCUT2D eigenvalue weighted by atomic mass is 9.98. The Balaban J connectivity index is 1.22. The van der Waals surface area contributed by atoms with Crippen LogP contribution in [-0.2, 0) is 11.3 Å². The van der Waals surface area contributed by atoms with Gasteiger partial charge in [-0.15, -0.1) is 5.10 Å². The third-order valence-corrected chi connectivity index (χ3v) is 7.92. The first-order valence-corrected chi connectivity index (χ1v) is 14.7. The van der Waals surface area contributed by atoms with Gasteiger partial charge in [0.1, 0.15) is 0 Å². The molecule has 10 heteroatoms. The maximum Gasteiger partial charge on any atom is 0.260 e. The molecular formula is C35H29N7O3. The first kappa shape index (κ1) is 28.1. The van der Waals surface area contributed by atoms with Crippen molar-refractivity contribution < 1.29 is 14.3 Å². The van der Waals surface area contributed by atoms with Crippen molar-refractivity contribution in [2.24, 2.45) is 0 Å². The third kappa shape index (κ3) is 5.91. The van der Waals surface area contributed by atoms with Crippen LogP contribution < -0.4 is 4.90 Å². The van der Waals surface area contributed by atoms with Gasteiger partial charge in [-0.3, -0.25) is 14.6 Å². The maximum atomic E-state index is 14.2. The van der Waals surface area contributed by atoms with Crippen LogP contribution in [0.15, 0.2) is 109 Å². The number of hydrogen-bond donors (Lipinski definition) is 1. The second-order valence-corrected chi connectivity index (χ2v) is 10.8. The quantitative estimate of drug-likeness (QED) is 0.263. The van der Waals surface area contributed by atoms with Crippen molar-refractivity contribution in [3.05, 3.63) is 126 Å². The normalized spacial score (nSPS) is 13.1. The molecule has 0 saturated carbocycles. The predicted molar refractivity (Wildman–Crippen MR) is 170 cm³/mol. The molecule has 7 rings (SSSR count). The van der Waals surface area contributed by atoms with Gasteiger partial charge in [0.15, 0.2) is 5.82 Å². The summed E-state index contributed by atoms with van der Waals surface area (Å²) in [5, 5.41) is 15.2. The van der Waals surface area contributed by atoms with Crippen molar-refractivity contribution in [1.82, 2.24) is 30.5 Å². The Bertz CT molecular complexity index is 1970. The van der Waals surface area contributed by atoms with E-state index in [-0.39, 0.29) is 18.4 Å². The Kier molecular flexibility index (Phi) is 7.78. The number of carbonyl (C=O) groups is 2. The Morgan fingerprint density at radius 2 is 1.60 bits per heavy atom. The summed E-state index contributed by atoms with van der Waals surface area (Å²) in [6, 6.07) is 32.8. The van der Waals surface area contributed by atoms with Crippen molar-refractivity contribution in [2.75, 3.05) is 31.2 Å². The van der Waals surface area contributed by atoms with Crippen LogP contribution in [0, 0.1) is 0 Å². The molecule has 45 heavy (non-hydrogen) atoms. The molecule has 2 aromatic heterocycles. The molecule has 0 atom stereocenters. The SMILES string of the molecule is O=C(c1cccc(N(Cc2ccc(-c3ccccc3-c3nnn[nH]3)cc2)C(=O)c2cnc3ccccc3c2)c1)N1CCOCC1. The first-order chi connectivity index (χ1) is 22.1. The highest BCUT2D eigenvalue weighted by Gasteiger charge is 2.23. The average molecular weight is 596 g/mol. The molecule has 1 fully saturated rings. The molecular weight excluding hydrogens is 566 g/mol. The summed E-state index contributed by atoms with van der Waals surface area (Å²) in [6.07, 6.45) is 1.61. The fourth-order valence-corrected chi connectivity index (χ4v) is 5.57. The van der Waals surface area contributed by atoms with Crippen molar-refractivity contribution in [1.29, 1.82) is 0 Å². The second kappa shape index (κ2) is 12.5. The van der Waals surface area contributed by atoms with Gasteiger partial charge >= 0.3 is 0 Å². The van der Waals surface area contributed by atoms with E-state index in [1.54, 1.807) is 28.1 Å². The van der Waals surface area contributed by atoms with Gasteiger partial charge < -0.3 is 14.5 Å². The van der Waals surface area contributed by atoms with E-state index in [1.165, 1.54) is 0 Å². The van der Waals surface area contributed by atoms with Gasteiger partial charge in [0, 0.05) is 41.5 Å². The molecule has 0 spiro atoms. The number of benzene rings is 4. The molecule has 3 heterocycles. The number of morpholine rings is 1. The summed E-state index contributed by atoms with van der Waals surface area (Å²) >= 11 is 0. The second-order valence-electron chi connectivity index (χ2n) is 10.8. The number of anilines is 1. The number of carbonyl (C=O) groups excluding carboxylic acids is 2. The minimum atomic E-state index is -0.212. The van der Waals surface area contributed by atoms with Gasteiger partial charge in [-0.1, -0.05) is 72.8 Å². The predicted octanol–water partition coefficient (Wildman–Crippen LogP) is 5.40. The van der Waals surface area contributed by atoms with Gasteiger partial charge in [-0.05, 0) is 57.4 Å². The zero-order valence-corrected chi connectivity index (χ0v) is 24.3. The molecule has 10 nitrogen and oxygen atoms in total. The van der Waals surface area contributed by atoms with Crippen LogP contribution in [-0.4, -0.2) is 68.6 Å². The summed E-state index contributed by atoms with van der Waals surface area (Å²) in [5.41, 5.74) is 6.20. The number of tetrazole rings is 1. The number of hydrogen-bond acceptors (Lipinski definition) is 7. The summed E-state index contributed by atoms with van der Waals surface area (Å²) in [6.45, 7) is 2.39. The largest absolute Gasteiger partial charge is 0.378 e. The molecule has 0 bridgehead atoms. The molecule has 6 aromatic rings. The lowest BCUT2D eigenvalue weighted by Crippen LogP contribution is -2.40. The zero-order chi connectivity index (χ0) is 30.6. The highest BCUT2D eigenvalue weighted by Crippen LogP contribution is 2.31. The van der Waals surface area contributed by atoms with Crippen molar-refractivity contribution in [3.8, 4) is 22.5 Å². The minimum absolute atomic E-state index is 0.0788. The molecule has 222 valence electrons. The number of ether oxygens (including phenoxy) is 1. The van der Waals surface area contributed by atoms with Crippen LogP contribution in [0.5, 0.6) is 0 Å². The first-order valence-electron chi connectivity index (χ1n) is 14.7. The monoisotopic (exact) mass is 595 g/mol. The fourth-order valence-electron chi connectivity index (χ4n) is 5.57. The topological polar surface area (TPSA) is 117 Å². The lowest BCUT2D eigenvalue weighted by Gasteiger charge is -2.28. The molecule has 2 amide bonds. The van der Waals surface area contributed by atoms with Crippen LogP contribution >= 0.6 is 0 Å². The van der Waals surface area contributed by atoms with E-state index >= 15 is 0 Å².